The van der Waals surface area contributed by atoms with Crippen molar-refractivity contribution in [2.75, 3.05) is 25.7 Å². The van der Waals surface area contributed by atoms with Gasteiger partial charge in [0.05, 0.1) is 12.9 Å². The third-order valence-electron chi connectivity index (χ3n) is 4.59. The average molecular weight is 401 g/mol. The number of aromatic amines is 1. The van der Waals surface area contributed by atoms with E-state index in [1.165, 1.54) is 0 Å². The first-order chi connectivity index (χ1) is 13.4. The smallest absolute Gasteiger partial charge is 0.220 e. The minimum absolute atomic E-state index is 0.0527. The van der Waals surface area contributed by atoms with E-state index in [2.05, 4.69) is 10.3 Å². The standard InChI is InChI=1S/C21H24N2O4S/c1-27-16-9-7-15(8-10-16)21-18(17-5-3-4-6-19(17)23-21)11-12-20(24)22-13-14-28(2,25)26/h3-10,23H,11-14H2,1-2H3,(H,22,24). The quantitative estimate of drug-likeness (QED) is 0.609. The molecule has 0 unspecified atom stereocenters. The van der Waals surface area contributed by atoms with Gasteiger partial charge in [-0.2, -0.15) is 0 Å². The molecule has 148 valence electrons. The number of methoxy groups -OCH3 is 1. The first kappa shape index (κ1) is 19.9. The highest BCUT2D eigenvalue weighted by Crippen LogP contribution is 2.32. The summed E-state index contributed by atoms with van der Waals surface area (Å²) in [6.07, 6.45) is 2.00. The highest BCUT2D eigenvalue weighted by molar-refractivity contribution is 7.90. The number of aromatic nitrogens is 1. The number of H-pyrrole nitrogens is 1. The molecule has 0 saturated carbocycles. The molecule has 3 rings (SSSR count). The Labute approximate surface area is 164 Å². The summed E-state index contributed by atoms with van der Waals surface area (Å²) in [5.41, 5.74) is 4.08. The first-order valence-corrected chi connectivity index (χ1v) is 11.1. The van der Waals surface area contributed by atoms with E-state index in [4.69, 9.17) is 4.74 Å². The van der Waals surface area contributed by atoms with E-state index in [9.17, 15) is 13.2 Å². The van der Waals surface area contributed by atoms with Gasteiger partial charge in [0.1, 0.15) is 15.6 Å². The van der Waals surface area contributed by atoms with Crippen LogP contribution in [0.1, 0.15) is 12.0 Å². The molecule has 0 saturated heterocycles. The molecule has 1 amide bonds. The molecular weight excluding hydrogens is 376 g/mol. The number of benzene rings is 2. The minimum Gasteiger partial charge on any atom is -0.497 e. The monoisotopic (exact) mass is 400 g/mol. The summed E-state index contributed by atoms with van der Waals surface area (Å²) in [7, 11) is -1.45. The molecule has 0 aliphatic heterocycles. The molecule has 0 spiro atoms. The van der Waals surface area contributed by atoms with Gasteiger partial charge in [-0.15, -0.1) is 0 Å². The van der Waals surface area contributed by atoms with Gasteiger partial charge in [-0.1, -0.05) is 18.2 Å². The Morgan fingerprint density at radius 3 is 2.50 bits per heavy atom. The molecule has 1 aromatic heterocycles. The fourth-order valence-electron chi connectivity index (χ4n) is 3.17. The van der Waals surface area contributed by atoms with Crippen molar-refractivity contribution in [1.29, 1.82) is 0 Å². The van der Waals surface area contributed by atoms with Gasteiger partial charge in [-0.05, 0) is 47.9 Å². The summed E-state index contributed by atoms with van der Waals surface area (Å²) in [6.45, 7) is 0.136. The summed E-state index contributed by atoms with van der Waals surface area (Å²) in [5.74, 6) is 0.574. The zero-order chi connectivity index (χ0) is 20.1. The van der Waals surface area contributed by atoms with Crippen molar-refractivity contribution in [3.05, 3.63) is 54.1 Å². The molecule has 0 bridgehead atoms. The molecule has 6 nitrogen and oxygen atoms in total. The van der Waals surface area contributed by atoms with Gasteiger partial charge in [-0.25, -0.2) is 8.42 Å². The first-order valence-electron chi connectivity index (χ1n) is 9.06. The Morgan fingerprint density at radius 2 is 1.82 bits per heavy atom. The van der Waals surface area contributed by atoms with Gasteiger partial charge >= 0.3 is 0 Å². The van der Waals surface area contributed by atoms with Crippen LogP contribution in [0.2, 0.25) is 0 Å². The van der Waals surface area contributed by atoms with Crippen LogP contribution in [0.5, 0.6) is 5.75 Å². The van der Waals surface area contributed by atoms with Crippen LogP contribution in [-0.2, 0) is 21.1 Å². The van der Waals surface area contributed by atoms with Gasteiger partial charge < -0.3 is 15.0 Å². The summed E-state index contributed by atoms with van der Waals surface area (Å²) in [6, 6.07) is 15.8. The zero-order valence-electron chi connectivity index (χ0n) is 16.0. The van der Waals surface area contributed by atoms with E-state index in [1.54, 1.807) is 7.11 Å². The molecule has 7 heteroatoms. The maximum Gasteiger partial charge on any atom is 0.220 e. The number of hydrogen-bond acceptors (Lipinski definition) is 4. The molecule has 2 aromatic carbocycles. The third-order valence-corrected chi connectivity index (χ3v) is 5.54. The Hall–Kier alpha value is -2.80. The number of fused-ring (bicyclic) bond motifs is 1. The Bertz CT molecular complexity index is 1070. The number of para-hydroxylation sites is 1. The largest absolute Gasteiger partial charge is 0.497 e. The molecule has 0 atom stereocenters. The van der Waals surface area contributed by atoms with E-state index in [-0.39, 0.29) is 24.6 Å². The number of nitrogens with one attached hydrogen (secondary N) is 2. The molecule has 28 heavy (non-hydrogen) atoms. The fraction of sp³-hybridized carbons (Fsp3) is 0.286. The molecule has 0 fully saturated rings. The van der Waals surface area contributed by atoms with E-state index in [0.717, 1.165) is 39.7 Å². The van der Waals surface area contributed by atoms with Crippen molar-refractivity contribution < 1.29 is 17.9 Å². The van der Waals surface area contributed by atoms with Crippen LogP contribution in [0.4, 0.5) is 0 Å². The maximum absolute atomic E-state index is 12.2. The number of carbonyl (C=O) groups excluding carboxylic acids is 1. The molecule has 1 heterocycles. The lowest BCUT2D eigenvalue weighted by Gasteiger charge is -2.08. The molecule has 0 aliphatic carbocycles. The van der Waals surface area contributed by atoms with Gasteiger partial charge in [0.15, 0.2) is 0 Å². The van der Waals surface area contributed by atoms with Crippen LogP contribution in [0.3, 0.4) is 0 Å². The van der Waals surface area contributed by atoms with Crippen LogP contribution >= 0.6 is 0 Å². The van der Waals surface area contributed by atoms with Crippen molar-refractivity contribution in [3.63, 3.8) is 0 Å². The summed E-state index contributed by atoms with van der Waals surface area (Å²) >= 11 is 0. The molecule has 3 aromatic rings. The number of sulfone groups is 1. The van der Waals surface area contributed by atoms with Crippen LogP contribution in [-0.4, -0.2) is 45.0 Å². The van der Waals surface area contributed by atoms with Gasteiger partial charge in [0, 0.05) is 35.8 Å². The van der Waals surface area contributed by atoms with E-state index >= 15 is 0 Å². The van der Waals surface area contributed by atoms with E-state index in [1.807, 2.05) is 48.5 Å². The predicted octanol–water partition coefficient (Wildman–Crippen LogP) is 2.94. The average Bonchev–Trinajstić information content (AvgIpc) is 3.04. The lowest BCUT2D eigenvalue weighted by molar-refractivity contribution is -0.120. The minimum atomic E-state index is -3.09. The third kappa shape index (κ3) is 4.92. The molecular formula is C21H24N2O4S. The second kappa shape index (κ2) is 8.48. The normalized spacial score (nSPS) is 11.5. The highest BCUT2D eigenvalue weighted by Gasteiger charge is 2.15. The fourth-order valence-corrected chi connectivity index (χ4v) is 3.64. The van der Waals surface area contributed by atoms with Crippen molar-refractivity contribution in [1.82, 2.24) is 10.3 Å². The van der Waals surface area contributed by atoms with E-state index in [0.29, 0.717) is 6.42 Å². The van der Waals surface area contributed by atoms with Crippen molar-refractivity contribution in [3.8, 4) is 17.0 Å². The van der Waals surface area contributed by atoms with Crippen LogP contribution in [0, 0.1) is 0 Å². The Kier molecular flexibility index (Phi) is 6.04. The Balaban J connectivity index is 1.80. The van der Waals surface area contributed by atoms with Crippen LogP contribution < -0.4 is 10.1 Å². The second-order valence-electron chi connectivity index (χ2n) is 6.73. The topological polar surface area (TPSA) is 88.3 Å². The van der Waals surface area contributed by atoms with Gasteiger partial charge in [0.2, 0.25) is 5.91 Å². The Morgan fingerprint density at radius 1 is 1.11 bits per heavy atom. The number of carbonyl (C=O) groups is 1. The van der Waals surface area contributed by atoms with Crippen molar-refractivity contribution in [2.24, 2.45) is 0 Å². The maximum atomic E-state index is 12.2. The van der Waals surface area contributed by atoms with Crippen LogP contribution in [0.15, 0.2) is 48.5 Å². The number of aryl methyl sites for hydroxylation is 1. The summed E-state index contributed by atoms with van der Waals surface area (Å²) < 4.78 is 27.6. The lowest BCUT2D eigenvalue weighted by Crippen LogP contribution is -2.28. The highest BCUT2D eigenvalue weighted by atomic mass is 32.2. The van der Waals surface area contributed by atoms with Crippen molar-refractivity contribution >= 4 is 26.6 Å². The molecule has 2 N–H and O–H groups in total. The SMILES string of the molecule is COc1ccc(-c2[nH]c3ccccc3c2CCC(=O)NCCS(C)(=O)=O)cc1. The second-order valence-corrected chi connectivity index (χ2v) is 8.99. The number of ether oxygens (including phenoxy) is 1. The summed E-state index contributed by atoms with van der Waals surface area (Å²) in [5, 5.41) is 3.76. The van der Waals surface area contributed by atoms with Gasteiger partial charge in [-0.3, -0.25) is 4.79 Å². The number of amides is 1. The van der Waals surface area contributed by atoms with Crippen molar-refractivity contribution in [2.45, 2.75) is 12.8 Å². The summed E-state index contributed by atoms with van der Waals surface area (Å²) in [4.78, 5) is 15.6. The van der Waals surface area contributed by atoms with E-state index < -0.39 is 9.84 Å². The number of rotatable bonds is 8. The predicted molar refractivity (Wildman–Crippen MR) is 111 cm³/mol. The number of hydrogen-bond donors (Lipinski definition) is 2. The van der Waals surface area contributed by atoms with Crippen LogP contribution in [0.25, 0.3) is 22.2 Å². The zero-order valence-corrected chi connectivity index (χ0v) is 16.8. The molecule has 0 aliphatic rings. The molecule has 0 radical (unpaired) electrons. The lowest BCUT2D eigenvalue weighted by atomic mass is 10.0. The van der Waals surface area contributed by atoms with Gasteiger partial charge in [0.25, 0.3) is 0 Å².